The second-order valence-corrected chi connectivity index (χ2v) is 5.43. The first-order valence-corrected chi connectivity index (χ1v) is 7.01. The van der Waals surface area contributed by atoms with Crippen molar-refractivity contribution >= 4 is 18.0 Å². The molecule has 0 aromatic heterocycles. The molecular weight excluding hydrogens is 252 g/mol. The maximum atomic E-state index is 11.3. The van der Waals surface area contributed by atoms with Gasteiger partial charge in [0.25, 0.3) is 0 Å². The molecule has 1 unspecified atom stereocenters. The Balaban J connectivity index is 2.57. The van der Waals surface area contributed by atoms with E-state index in [4.69, 9.17) is 0 Å². The van der Waals surface area contributed by atoms with Gasteiger partial charge in [-0.05, 0) is 37.0 Å². The molecule has 1 aromatic rings. The maximum Gasteiger partial charge on any atom is 0.226 e. The predicted octanol–water partition coefficient (Wildman–Crippen LogP) is 2.69. The number of nitrogens with one attached hydrogen (secondary N) is 1. The Labute approximate surface area is 121 Å². The minimum absolute atomic E-state index is 0.226. The third-order valence-electron chi connectivity index (χ3n) is 3.64. The molecule has 0 saturated heterocycles. The molecule has 110 valence electrons. The number of hydrogen-bond donors (Lipinski definition) is 1. The summed E-state index contributed by atoms with van der Waals surface area (Å²) in [5, 5.41) is 2.16. The fourth-order valence-electron chi connectivity index (χ4n) is 2.02. The average Bonchev–Trinajstić information content (AvgIpc) is 2.44. The summed E-state index contributed by atoms with van der Waals surface area (Å²) >= 11 is 0. The van der Waals surface area contributed by atoms with Crippen LogP contribution in [0.3, 0.4) is 0 Å². The van der Waals surface area contributed by atoms with Crippen molar-refractivity contribution in [2.45, 2.75) is 45.6 Å². The van der Waals surface area contributed by atoms with Crippen LogP contribution in [-0.2, 0) is 9.59 Å². The van der Waals surface area contributed by atoms with Crippen LogP contribution in [0.15, 0.2) is 24.3 Å². The molecule has 0 spiro atoms. The summed E-state index contributed by atoms with van der Waals surface area (Å²) in [6.45, 7) is 6.42. The van der Waals surface area contributed by atoms with E-state index in [9.17, 15) is 9.59 Å². The quantitative estimate of drug-likeness (QED) is 0.779. The zero-order chi connectivity index (χ0) is 15.1. The van der Waals surface area contributed by atoms with Crippen molar-refractivity contribution in [3.05, 3.63) is 29.8 Å². The van der Waals surface area contributed by atoms with E-state index in [1.165, 1.54) is 5.56 Å². The van der Waals surface area contributed by atoms with Crippen molar-refractivity contribution in [1.29, 1.82) is 0 Å². The SMILES string of the molecule is CC(C)c1ccc(N(C)C(C)CCC(=O)NC=O)cc1. The van der Waals surface area contributed by atoms with Gasteiger partial charge < -0.3 is 4.90 Å². The van der Waals surface area contributed by atoms with Crippen molar-refractivity contribution in [1.82, 2.24) is 5.32 Å². The lowest BCUT2D eigenvalue weighted by molar-refractivity contribution is -0.125. The molecule has 20 heavy (non-hydrogen) atoms. The minimum Gasteiger partial charge on any atom is -0.372 e. The summed E-state index contributed by atoms with van der Waals surface area (Å²) in [7, 11) is 2.02. The summed E-state index contributed by atoms with van der Waals surface area (Å²) < 4.78 is 0. The average molecular weight is 276 g/mol. The third-order valence-corrected chi connectivity index (χ3v) is 3.64. The lowest BCUT2D eigenvalue weighted by Crippen LogP contribution is -2.31. The van der Waals surface area contributed by atoms with E-state index in [-0.39, 0.29) is 11.9 Å². The Morgan fingerprint density at radius 3 is 2.35 bits per heavy atom. The molecular formula is C16H24N2O2. The number of anilines is 1. The van der Waals surface area contributed by atoms with Gasteiger partial charge in [-0.1, -0.05) is 26.0 Å². The summed E-state index contributed by atoms with van der Waals surface area (Å²) in [6, 6.07) is 8.73. The van der Waals surface area contributed by atoms with Crippen LogP contribution in [0.1, 0.15) is 45.1 Å². The monoisotopic (exact) mass is 276 g/mol. The zero-order valence-corrected chi connectivity index (χ0v) is 12.7. The minimum atomic E-state index is -0.226. The van der Waals surface area contributed by atoms with Crippen LogP contribution in [0.2, 0.25) is 0 Å². The summed E-state index contributed by atoms with van der Waals surface area (Å²) in [5.41, 5.74) is 2.46. The molecule has 1 N–H and O–H groups in total. The van der Waals surface area contributed by atoms with Gasteiger partial charge in [0.2, 0.25) is 12.3 Å². The van der Waals surface area contributed by atoms with Crippen molar-refractivity contribution in [3.8, 4) is 0 Å². The van der Waals surface area contributed by atoms with E-state index in [2.05, 4.69) is 55.3 Å². The number of rotatable bonds is 7. The molecule has 0 aliphatic heterocycles. The topological polar surface area (TPSA) is 49.4 Å². The number of carbonyl (C=O) groups is 2. The highest BCUT2D eigenvalue weighted by Crippen LogP contribution is 2.21. The van der Waals surface area contributed by atoms with E-state index in [0.29, 0.717) is 25.2 Å². The first-order chi connectivity index (χ1) is 9.45. The fourth-order valence-corrected chi connectivity index (χ4v) is 2.02. The number of carbonyl (C=O) groups excluding carboxylic acids is 2. The molecule has 4 nitrogen and oxygen atoms in total. The highest BCUT2D eigenvalue weighted by atomic mass is 16.2. The number of amides is 2. The molecule has 0 saturated carbocycles. The second kappa shape index (κ2) is 7.68. The number of hydrogen-bond acceptors (Lipinski definition) is 3. The normalized spacial score (nSPS) is 12.1. The molecule has 4 heteroatoms. The second-order valence-electron chi connectivity index (χ2n) is 5.43. The van der Waals surface area contributed by atoms with E-state index < -0.39 is 0 Å². The lowest BCUT2D eigenvalue weighted by Gasteiger charge is -2.27. The van der Waals surface area contributed by atoms with Crippen LogP contribution in [0, 0.1) is 0 Å². The van der Waals surface area contributed by atoms with Gasteiger partial charge in [-0.2, -0.15) is 0 Å². The van der Waals surface area contributed by atoms with Gasteiger partial charge in [0.05, 0.1) is 0 Å². The summed E-state index contributed by atoms with van der Waals surface area (Å²) in [4.78, 5) is 23.6. The van der Waals surface area contributed by atoms with E-state index >= 15 is 0 Å². The highest BCUT2D eigenvalue weighted by molar-refractivity contribution is 5.85. The van der Waals surface area contributed by atoms with Gasteiger partial charge in [-0.3, -0.25) is 14.9 Å². The predicted molar refractivity (Wildman–Crippen MR) is 81.8 cm³/mol. The third kappa shape index (κ3) is 4.68. The van der Waals surface area contributed by atoms with Gasteiger partial charge in [-0.25, -0.2) is 0 Å². The van der Waals surface area contributed by atoms with Crippen LogP contribution < -0.4 is 10.2 Å². The Morgan fingerprint density at radius 1 is 1.25 bits per heavy atom. The molecule has 1 rings (SSSR count). The Bertz CT molecular complexity index is 440. The van der Waals surface area contributed by atoms with Gasteiger partial charge in [0.15, 0.2) is 0 Å². The van der Waals surface area contributed by atoms with Crippen LogP contribution in [0.25, 0.3) is 0 Å². The smallest absolute Gasteiger partial charge is 0.226 e. The van der Waals surface area contributed by atoms with E-state index in [1.54, 1.807) is 0 Å². The largest absolute Gasteiger partial charge is 0.372 e. The van der Waals surface area contributed by atoms with Crippen LogP contribution in [0.5, 0.6) is 0 Å². The lowest BCUT2D eigenvalue weighted by atomic mass is 10.0. The molecule has 1 atom stereocenters. The van der Waals surface area contributed by atoms with E-state index in [0.717, 1.165) is 5.69 Å². The molecule has 2 amide bonds. The zero-order valence-electron chi connectivity index (χ0n) is 12.7. The first kappa shape index (κ1) is 16.2. The Hall–Kier alpha value is -1.84. The van der Waals surface area contributed by atoms with Crippen molar-refractivity contribution in [2.24, 2.45) is 0 Å². The summed E-state index contributed by atoms with van der Waals surface area (Å²) in [6.07, 6.45) is 1.50. The van der Waals surface area contributed by atoms with Gasteiger partial charge in [-0.15, -0.1) is 0 Å². The van der Waals surface area contributed by atoms with Crippen molar-refractivity contribution < 1.29 is 9.59 Å². The van der Waals surface area contributed by atoms with Crippen LogP contribution >= 0.6 is 0 Å². The Morgan fingerprint density at radius 2 is 1.85 bits per heavy atom. The van der Waals surface area contributed by atoms with Crippen molar-refractivity contribution in [2.75, 3.05) is 11.9 Å². The van der Waals surface area contributed by atoms with Crippen molar-refractivity contribution in [3.63, 3.8) is 0 Å². The molecule has 0 aliphatic rings. The highest BCUT2D eigenvalue weighted by Gasteiger charge is 2.12. The number of benzene rings is 1. The van der Waals surface area contributed by atoms with Gasteiger partial charge in [0.1, 0.15) is 0 Å². The molecule has 0 bridgehead atoms. The van der Waals surface area contributed by atoms with Gasteiger partial charge >= 0.3 is 0 Å². The standard InChI is InChI=1S/C16H24N2O2/c1-12(2)14-6-8-15(9-7-14)18(4)13(3)5-10-16(20)17-11-19/h6-9,11-13H,5,10H2,1-4H3,(H,17,19,20). The molecule has 1 aromatic carbocycles. The summed E-state index contributed by atoms with van der Waals surface area (Å²) in [5.74, 6) is 0.300. The maximum absolute atomic E-state index is 11.3. The number of imide groups is 1. The molecule has 0 heterocycles. The molecule has 0 fully saturated rings. The van der Waals surface area contributed by atoms with E-state index in [1.807, 2.05) is 7.05 Å². The van der Waals surface area contributed by atoms with Crippen LogP contribution in [0.4, 0.5) is 5.69 Å². The first-order valence-electron chi connectivity index (χ1n) is 7.01. The molecule has 0 radical (unpaired) electrons. The van der Waals surface area contributed by atoms with Crippen LogP contribution in [-0.4, -0.2) is 25.4 Å². The number of nitrogens with zero attached hydrogens (tertiary/aromatic N) is 1. The van der Waals surface area contributed by atoms with Gasteiger partial charge in [0, 0.05) is 25.2 Å². The Kier molecular flexibility index (Phi) is 6.22. The molecule has 0 aliphatic carbocycles. The fraction of sp³-hybridized carbons (Fsp3) is 0.500.